The van der Waals surface area contributed by atoms with Crippen LogP contribution in [0.25, 0.3) is 0 Å². The number of benzene rings is 1. The van der Waals surface area contributed by atoms with Crippen molar-refractivity contribution in [1.82, 2.24) is 10.3 Å². The lowest BCUT2D eigenvalue weighted by atomic mass is 10.3. The quantitative estimate of drug-likeness (QED) is 0.451. The summed E-state index contributed by atoms with van der Waals surface area (Å²) in [5, 5.41) is 13.9. The minimum absolute atomic E-state index is 0.386. The zero-order chi connectivity index (χ0) is 15.9. The van der Waals surface area contributed by atoms with Crippen molar-refractivity contribution in [3.8, 4) is 0 Å². The third-order valence-electron chi connectivity index (χ3n) is 2.73. The second-order valence-corrected chi connectivity index (χ2v) is 4.98. The molecular formula is C15H16ClN5O. The van der Waals surface area contributed by atoms with Crippen LogP contribution < -0.4 is 10.6 Å². The first kappa shape index (κ1) is 15.8. The summed E-state index contributed by atoms with van der Waals surface area (Å²) < 4.78 is 0. The number of amides is 2. The molecule has 1 aromatic heterocycles. The van der Waals surface area contributed by atoms with Crippen LogP contribution in [-0.2, 0) is 0 Å². The fraction of sp³-hybridized carbons (Fsp3) is 0.133. The fourth-order valence-electron chi connectivity index (χ4n) is 1.64. The molecule has 7 heteroatoms. The predicted octanol–water partition coefficient (Wildman–Crippen LogP) is 3.63. The zero-order valence-corrected chi connectivity index (χ0v) is 13.0. The average Bonchev–Trinajstić information content (AvgIpc) is 3.01. The summed E-state index contributed by atoms with van der Waals surface area (Å²) in [7, 11) is 0. The molecule has 0 atom stereocenters. The van der Waals surface area contributed by atoms with Gasteiger partial charge in [-0.2, -0.15) is 5.10 Å². The van der Waals surface area contributed by atoms with Crippen molar-refractivity contribution in [2.75, 3.05) is 5.32 Å². The van der Waals surface area contributed by atoms with Gasteiger partial charge in [0.2, 0.25) is 0 Å². The fourth-order valence-corrected chi connectivity index (χ4v) is 1.77. The van der Waals surface area contributed by atoms with E-state index in [1.807, 2.05) is 25.3 Å². The van der Waals surface area contributed by atoms with Gasteiger partial charge in [0.15, 0.2) is 0 Å². The normalized spacial score (nSPS) is 12.1. The van der Waals surface area contributed by atoms with Crippen molar-refractivity contribution in [3.05, 3.63) is 53.3 Å². The largest absolute Gasteiger partial charge is 0.360 e. The average molecular weight is 318 g/mol. The Morgan fingerprint density at radius 2 is 1.86 bits per heavy atom. The molecule has 2 rings (SSSR count). The Hall–Kier alpha value is -2.60. The van der Waals surface area contributed by atoms with Gasteiger partial charge in [0.05, 0.1) is 11.4 Å². The van der Waals surface area contributed by atoms with Crippen LogP contribution in [0, 0.1) is 0 Å². The van der Waals surface area contributed by atoms with Gasteiger partial charge in [-0.25, -0.2) is 4.79 Å². The number of rotatable bonds is 3. The van der Waals surface area contributed by atoms with Crippen LogP contribution in [0.15, 0.2) is 52.8 Å². The summed E-state index contributed by atoms with van der Waals surface area (Å²) in [6.07, 6.45) is 1.81. The van der Waals surface area contributed by atoms with Crippen molar-refractivity contribution < 1.29 is 4.79 Å². The Bertz CT molecular complexity index is 689. The number of nitrogens with one attached hydrogen (secondary N) is 3. The lowest BCUT2D eigenvalue weighted by molar-refractivity contribution is 0.256. The molecule has 1 aromatic carbocycles. The highest BCUT2D eigenvalue weighted by atomic mass is 35.5. The number of anilines is 1. The molecule has 0 fully saturated rings. The van der Waals surface area contributed by atoms with E-state index < -0.39 is 6.03 Å². The van der Waals surface area contributed by atoms with Crippen LogP contribution in [-0.4, -0.2) is 22.6 Å². The summed E-state index contributed by atoms with van der Waals surface area (Å²) in [5.41, 5.74) is 2.24. The van der Waals surface area contributed by atoms with E-state index in [2.05, 4.69) is 25.8 Å². The van der Waals surface area contributed by atoms with E-state index in [1.165, 1.54) is 0 Å². The minimum Gasteiger partial charge on any atom is -0.360 e. The van der Waals surface area contributed by atoms with Gasteiger partial charge in [-0.3, -0.25) is 5.32 Å². The predicted molar refractivity (Wildman–Crippen MR) is 89.7 cm³/mol. The van der Waals surface area contributed by atoms with Gasteiger partial charge in [-0.1, -0.05) is 11.6 Å². The van der Waals surface area contributed by atoms with E-state index in [9.17, 15) is 4.79 Å². The zero-order valence-electron chi connectivity index (χ0n) is 12.2. The molecule has 0 aliphatic rings. The summed E-state index contributed by atoms with van der Waals surface area (Å²) in [6.45, 7) is 3.49. The van der Waals surface area contributed by atoms with Crippen molar-refractivity contribution >= 4 is 34.9 Å². The summed E-state index contributed by atoms with van der Waals surface area (Å²) in [5.74, 6) is 0.386. The highest BCUT2D eigenvalue weighted by Gasteiger charge is 2.03. The lowest BCUT2D eigenvalue weighted by Crippen LogP contribution is -2.32. The van der Waals surface area contributed by atoms with E-state index in [-0.39, 0.29) is 0 Å². The third kappa shape index (κ3) is 4.75. The maximum absolute atomic E-state index is 11.8. The standard InChI is InChI=1S/C15H16ClN5O/c1-10(14-4-3-9-17-14)20-21-11(2)18-15(22)19-13-7-5-12(16)6-8-13/h3-9,17H,1-2H3,(H2,18,19,21,22)/b20-10+. The van der Waals surface area contributed by atoms with Gasteiger partial charge in [-0.15, -0.1) is 5.10 Å². The number of hydrogen-bond acceptors (Lipinski definition) is 3. The molecule has 3 N–H and O–H groups in total. The van der Waals surface area contributed by atoms with Crippen molar-refractivity contribution in [1.29, 1.82) is 0 Å². The molecule has 0 radical (unpaired) electrons. The molecule has 0 aliphatic carbocycles. The summed E-state index contributed by atoms with van der Waals surface area (Å²) >= 11 is 5.78. The van der Waals surface area contributed by atoms with Crippen LogP contribution in [0.4, 0.5) is 10.5 Å². The number of urea groups is 1. The van der Waals surface area contributed by atoms with Gasteiger partial charge in [0, 0.05) is 16.9 Å². The second kappa shape index (κ2) is 7.42. The Morgan fingerprint density at radius 1 is 1.14 bits per heavy atom. The minimum atomic E-state index is -0.392. The number of carbonyl (C=O) groups is 1. The van der Waals surface area contributed by atoms with Crippen LogP contribution in [0.1, 0.15) is 19.5 Å². The monoisotopic (exact) mass is 317 g/mol. The molecule has 114 valence electrons. The molecule has 0 aliphatic heterocycles. The maximum Gasteiger partial charge on any atom is 0.324 e. The number of nitrogens with zero attached hydrogens (tertiary/aromatic N) is 2. The van der Waals surface area contributed by atoms with Crippen LogP contribution >= 0.6 is 11.6 Å². The molecule has 22 heavy (non-hydrogen) atoms. The molecule has 0 bridgehead atoms. The number of hydrogen-bond donors (Lipinski definition) is 3. The molecule has 2 aromatic rings. The molecule has 0 saturated heterocycles. The van der Waals surface area contributed by atoms with Gasteiger partial charge >= 0.3 is 6.03 Å². The number of H-pyrrole nitrogens is 1. The highest BCUT2D eigenvalue weighted by Crippen LogP contribution is 2.12. The Balaban J connectivity index is 1.92. The SMILES string of the molecule is C/C(=N\N=C(/C)c1ccc[nH]1)NC(=O)Nc1ccc(Cl)cc1. The van der Waals surface area contributed by atoms with E-state index in [1.54, 1.807) is 31.2 Å². The maximum atomic E-state index is 11.8. The van der Waals surface area contributed by atoms with E-state index >= 15 is 0 Å². The molecular weight excluding hydrogens is 302 g/mol. The Labute approximate surface area is 133 Å². The van der Waals surface area contributed by atoms with Gasteiger partial charge in [0.1, 0.15) is 5.84 Å². The molecule has 0 saturated carbocycles. The van der Waals surface area contributed by atoms with E-state index in [4.69, 9.17) is 11.6 Å². The second-order valence-electron chi connectivity index (χ2n) is 4.54. The van der Waals surface area contributed by atoms with E-state index in [0.717, 1.165) is 11.4 Å². The summed E-state index contributed by atoms with van der Waals surface area (Å²) in [4.78, 5) is 14.8. The first-order valence-electron chi connectivity index (χ1n) is 6.61. The lowest BCUT2D eigenvalue weighted by Gasteiger charge is -2.06. The topological polar surface area (TPSA) is 81.6 Å². The smallest absolute Gasteiger partial charge is 0.324 e. The highest BCUT2D eigenvalue weighted by molar-refractivity contribution is 6.30. The van der Waals surface area contributed by atoms with Crippen LogP contribution in [0.2, 0.25) is 5.02 Å². The van der Waals surface area contributed by atoms with E-state index in [0.29, 0.717) is 16.5 Å². The van der Waals surface area contributed by atoms with Gasteiger partial charge < -0.3 is 10.3 Å². The first-order valence-corrected chi connectivity index (χ1v) is 6.98. The summed E-state index contributed by atoms with van der Waals surface area (Å²) in [6, 6.07) is 10.2. The van der Waals surface area contributed by atoms with Crippen molar-refractivity contribution in [2.45, 2.75) is 13.8 Å². The molecule has 0 unspecified atom stereocenters. The first-order chi connectivity index (χ1) is 10.5. The van der Waals surface area contributed by atoms with Gasteiger partial charge in [-0.05, 0) is 50.2 Å². The number of aromatic nitrogens is 1. The van der Waals surface area contributed by atoms with Crippen molar-refractivity contribution in [3.63, 3.8) is 0 Å². The Morgan fingerprint density at radius 3 is 2.50 bits per heavy atom. The number of amidine groups is 1. The number of halogens is 1. The molecule has 2 amide bonds. The van der Waals surface area contributed by atoms with Crippen LogP contribution in [0.5, 0.6) is 0 Å². The molecule has 6 nitrogen and oxygen atoms in total. The third-order valence-corrected chi connectivity index (χ3v) is 2.99. The molecule has 1 heterocycles. The molecule has 0 spiro atoms. The number of aromatic amines is 1. The Kier molecular flexibility index (Phi) is 5.32. The van der Waals surface area contributed by atoms with Gasteiger partial charge in [0.25, 0.3) is 0 Å². The van der Waals surface area contributed by atoms with Crippen molar-refractivity contribution in [2.24, 2.45) is 10.2 Å². The van der Waals surface area contributed by atoms with Crippen LogP contribution in [0.3, 0.4) is 0 Å². The number of carbonyl (C=O) groups excluding carboxylic acids is 1.